The van der Waals surface area contributed by atoms with Gasteiger partial charge in [-0.2, -0.15) is 0 Å². The van der Waals surface area contributed by atoms with Gasteiger partial charge in [-0.1, -0.05) is 60.7 Å². The summed E-state index contributed by atoms with van der Waals surface area (Å²) in [6.07, 6.45) is 0.180. The molecule has 2 amide bonds. The van der Waals surface area contributed by atoms with E-state index in [2.05, 4.69) is 15.8 Å². The van der Waals surface area contributed by atoms with Crippen molar-refractivity contribution in [1.29, 1.82) is 0 Å². The van der Waals surface area contributed by atoms with Crippen LogP contribution in [0.25, 0.3) is 22.2 Å². The molecule has 1 aromatic heterocycles. The van der Waals surface area contributed by atoms with Crippen molar-refractivity contribution in [2.45, 2.75) is 19.8 Å². The zero-order chi connectivity index (χ0) is 20.9. The fourth-order valence-corrected chi connectivity index (χ4v) is 3.30. The Hall–Kier alpha value is -3.93. The zero-order valence-electron chi connectivity index (χ0n) is 16.5. The first-order chi connectivity index (χ1) is 14.6. The summed E-state index contributed by atoms with van der Waals surface area (Å²) in [4.78, 5) is 29.0. The van der Waals surface area contributed by atoms with Crippen LogP contribution in [0.4, 0.5) is 0 Å². The summed E-state index contributed by atoms with van der Waals surface area (Å²) in [5, 5.41) is 2.09. The van der Waals surface area contributed by atoms with E-state index in [1.165, 1.54) is 0 Å². The van der Waals surface area contributed by atoms with Gasteiger partial charge in [-0.3, -0.25) is 20.4 Å². The maximum atomic E-state index is 12.3. The molecule has 0 saturated heterocycles. The number of aryl methyl sites for hydroxylation is 1. The van der Waals surface area contributed by atoms with E-state index in [9.17, 15) is 9.59 Å². The van der Waals surface area contributed by atoms with Crippen molar-refractivity contribution in [1.82, 2.24) is 15.8 Å². The first-order valence-corrected chi connectivity index (χ1v) is 9.66. The van der Waals surface area contributed by atoms with E-state index in [-0.39, 0.29) is 24.7 Å². The number of benzene rings is 3. The van der Waals surface area contributed by atoms with Crippen LogP contribution in [0.1, 0.15) is 17.0 Å². The number of hydrogen-bond donors (Lipinski definition) is 2. The van der Waals surface area contributed by atoms with Crippen LogP contribution in [-0.4, -0.2) is 16.8 Å². The SMILES string of the molecule is Cc1oc(-c2ccccc2)nc1CC(=O)NNC(=O)Cc1cccc2ccccc12. The summed E-state index contributed by atoms with van der Waals surface area (Å²) in [6.45, 7) is 1.77. The Morgan fingerprint density at radius 2 is 1.50 bits per heavy atom. The molecule has 0 saturated carbocycles. The lowest BCUT2D eigenvalue weighted by Crippen LogP contribution is -2.43. The molecule has 0 spiro atoms. The predicted molar refractivity (Wildman–Crippen MR) is 114 cm³/mol. The molecule has 30 heavy (non-hydrogen) atoms. The Morgan fingerprint density at radius 1 is 0.833 bits per heavy atom. The van der Waals surface area contributed by atoms with Crippen LogP contribution in [0.15, 0.2) is 77.2 Å². The summed E-state index contributed by atoms with van der Waals surface area (Å²) >= 11 is 0. The molecule has 0 aliphatic carbocycles. The fraction of sp³-hybridized carbons (Fsp3) is 0.125. The van der Waals surface area contributed by atoms with Crippen molar-refractivity contribution in [3.05, 3.63) is 89.8 Å². The molecule has 2 N–H and O–H groups in total. The van der Waals surface area contributed by atoms with Gasteiger partial charge in [0.2, 0.25) is 17.7 Å². The molecule has 0 bridgehead atoms. The molecule has 0 aliphatic heterocycles. The van der Waals surface area contributed by atoms with Crippen molar-refractivity contribution < 1.29 is 14.0 Å². The van der Waals surface area contributed by atoms with Gasteiger partial charge in [0.05, 0.1) is 18.5 Å². The molecule has 4 rings (SSSR count). The first-order valence-electron chi connectivity index (χ1n) is 9.66. The van der Waals surface area contributed by atoms with Gasteiger partial charge in [0.1, 0.15) is 5.76 Å². The van der Waals surface area contributed by atoms with Crippen LogP contribution in [0.3, 0.4) is 0 Å². The molecule has 1 heterocycles. The van der Waals surface area contributed by atoms with Crippen LogP contribution >= 0.6 is 0 Å². The molecular formula is C24H21N3O3. The molecular weight excluding hydrogens is 378 g/mol. The van der Waals surface area contributed by atoms with Gasteiger partial charge in [0.15, 0.2) is 0 Å². The normalized spacial score (nSPS) is 10.7. The molecule has 0 fully saturated rings. The van der Waals surface area contributed by atoms with Gasteiger partial charge in [0.25, 0.3) is 0 Å². The predicted octanol–water partition coefficient (Wildman–Crippen LogP) is 3.74. The molecule has 0 atom stereocenters. The van der Waals surface area contributed by atoms with Crippen LogP contribution in [0, 0.1) is 6.92 Å². The first kappa shape index (κ1) is 19.4. The van der Waals surface area contributed by atoms with Crippen LogP contribution in [-0.2, 0) is 22.4 Å². The van der Waals surface area contributed by atoms with E-state index in [1.54, 1.807) is 6.92 Å². The Kier molecular flexibility index (Phi) is 5.57. The van der Waals surface area contributed by atoms with Gasteiger partial charge in [-0.15, -0.1) is 0 Å². The van der Waals surface area contributed by atoms with Gasteiger partial charge in [-0.25, -0.2) is 4.98 Å². The number of amides is 2. The quantitative estimate of drug-likeness (QED) is 0.501. The second kappa shape index (κ2) is 8.61. The number of hydrazine groups is 1. The average Bonchev–Trinajstić information content (AvgIpc) is 3.13. The van der Waals surface area contributed by atoms with E-state index in [0.29, 0.717) is 17.3 Å². The third-order valence-electron chi connectivity index (χ3n) is 4.81. The van der Waals surface area contributed by atoms with E-state index in [0.717, 1.165) is 21.9 Å². The minimum Gasteiger partial charge on any atom is -0.441 e. The second-order valence-electron chi connectivity index (χ2n) is 6.98. The number of nitrogens with one attached hydrogen (secondary N) is 2. The molecule has 150 valence electrons. The topological polar surface area (TPSA) is 84.2 Å². The lowest BCUT2D eigenvalue weighted by Gasteiger charge is -2.09. The van der Waals surface area contributed by atoms with E-state index in [1.807, 2.05) is 72.8 Å². The Bertz CT molecular complexity index is 1190. The Balaban J connectivity index is 1.35. The monoisotopic (exact) mass is 399 g/mol. The lowest BCUT2D eigenvalue weighted by atomic mass is 10.0. The fourth-order valence-electron chi connectivity index (χ4n) is 3.30. The molecule has 0 radical (unpaired) electrons. The number of carbonyl (C=O) groups is 2. The summed E-state index contributed by atoms with van der Waals surface area (Å²) in [5.41, 5.74) is 7.21. The Labute approximate surface area is 173 Å². The van der Waals surface area contributed by atoms with Crippen molar-refractivity contribution in [2.75, 3.05) is 0 Å². The smallest absolute Gasteiger partial charge is 0.244 e. The molecule has 0 unspecified atom stereocenters. The second-order valence-corrected chi connectivity index (χ2v) is 6.98. The highest BCUT2D eigenvalue weighted by Crippen LogP contribution is 2.21. The summed E-state index contributed by atoms with van der Waals surface area (Å²) < 4.78 is 5.67. The molecule has 6 nitrogen and oxygen atoms in total. The molecule has 0 aliphatic rings. The number of fused-ring (bicyclic) bond motifs is 1. The van der Waals surface area contributed by atoms with E-state index < -0.39 is 0 Å². The van der Waals surface area contributed by atoms with Crippen LogP contribution in [0.5, 0.6) is 0 Å². The van der Waals surface area contributed by atoms with E-state index >= 15 is 0 Å². The van der Waals surface area contributed by atoms with Gasteiger partial charge >= 0.3 is 0 Å². The number of aromatic nitrogens is 1. The highest BCUT2D eigenvalue weighted by atomic mass is 16.4. The average molecular weight is 399 g/mol. The molecule has 4 aromatic rings. The maximum absolute atomic E-state index is 12.3. The standard InChI is InChI=1S/C24H21N3O3/c1-16-21(25-24(30-16)18-9-3-2-4-10-18)15-23(29)27-26-22(28)14-19-12-7-11-17-8-5-6-13-20(17)19/h2-13H,14-15H2,1H3,(H,26,28)(H,27,29). The maximum Gasteiger partial charge on any atom is 0.244 e. The van der Waals surface area contributed by atoms with Crippen LogP contribution in [0.2, 0.25) is 0 Å². The molecule has 6 heteroatoms. The molecule has 3 aromatic carbocycles. The van der Waals surface area contributed by atoms with E-state index in [4.69, 9.17) is 4.42 Å². The lowest BCUT2D eigenvalue weighted by molar-refractivity contribution is -0.128. The third-order valence-corrected chi connectivity index (χ3v) is 4.81. The van der Waals surface area contributed by atoms with Crippen molar-refractivity contribution in [3.8, 4) is 11.5 Å². The summed E-state index contributed by atoms with van der Waals surface area (Å²) in [6, 6.07) is 23.2. The number of carbonyl (C=O) groups excluding carboxylic acids is 2. The minimum absolute atomic E-state index is 0.0106. The highest BCUT2D eigenvalue weighted by Gasteiger charge is 2.15. The van der Waals surface area contributed by atoms with Crippen molar-refractivity contribution in [3.63, 3.8) is 0 Å². The number of oxazole rings is 1. The number of nitrogens with zero attached hydrogens (tertiary/aromatic N) is 1. The third kappa shape index (κ3) is 4.38. The van der Waals surface area contributed by atoms with Gasteiger partial charge in [-0.05, 0) is 35.4 Å². The Morgan fingerprint density at radius 3 is 2.30 bits per heavy atom. The summed E-state index contributed by atoms with van der Waals surface area (Å²) in [5.74, 6) is 0.390. The number of hydrogen-bond acceptors (Lipinski definition) is 4. The minimum atomic E-state index is -0.364. The van der Waals surface area contributed by atoms with Crippen molar-refractivity contribution >= 4 is 22.6 Å². The van der Waals surface area contributed by atoms with Gasteiger partial charge in [0, 0.05) is 5.56 Å². The summed E-state index contributed by atoms with van der Waals surface area (Å²) in [7, 11) is 0. The largest absolute Gasteiger partial charge is 0.441 e. The van der Waals surface area contributed by atoms with Gasteiger partial charge < -0.3 is 4.42 Å². The van der Waals surface area contributed by atoms with Crippen molar-refractivity contribution in [2.24, 2.45) is 0 Å². The number of rotatable bonds is 5. The van der Waals surface area contributed by atoms with Crippen LogP contribution < -0.4 is 10.9 Å². The highest BCUT2D eigenvalue weighted by molar-refractivity contribution is 5.91. The zero-order valence-corrected chi connectivity index (χ0v) is 16.5.